The van der Waals surface area contributed by atoms with Crippen molar-refractivity contribution in [2.75, 3.05) is 0 Å². The molecule has 118 valence electrons. The maximum atomic E-state index is 12.1. The molecule has 5 heteroatoms. The van der Waals surface area contributed by atoms with Crippen molar-refractivity contribution in [3.05, 3.63) is 76.3 Å². The summed E-state index contributed by atoms with van der Waals surface area (Å²) in [5.41, 5.74) is 2.81. The van der Waals surface area contributed by atoms with Gasteiger partial charge in [0.1, 0.15) is 5.82 Å². The molecule has 4 nitrogen and oxygen atoms in total. The number of fused-ring (bicyclic) bond motifs is 2. The summed E-state index contributed by atoms with van der Waals surface area (Å²) >= 11 is 1.58. The number of pyridine rings is 1. The number of benzene rings is 2. The lowest BCUT2D eigenvalue weighted by molar-refractivity contribution is 1.03. The number of hydrogen-bond acceptors (Lipinski definition) is 4. The first-order valence-electron chi connectivity index (χ1n) is 7.68. The van der Waals surface area contributed by atoms with Gasteiger partial charge in [-0.05, 0) is 36.8 Å². The van der Waals surface area contributed by atoms with Crippen LogP contribution in [0.2, 0.25) is 0 Å². The zero-order chi connectivity index (χ0) is 16.5. The van der Waals surface area contributed by atoms with Gasteiger partial charge in [0.25, 0.3) is 5.56 Å². The average molecular weight is 333 g/mol. The van der Waals surface area contributed by atoms with Crippen LogP contribution < -0.4 is 5.56 Å². The van der Waals surface area contributed by atoms with Gasteiger partial charge in [0.05, 0.1) is 27.2 Å². The summed E-state index contributed by atoms with van der Waals surface area (Å²) in [6.07, 6.45) is 0. The Kier molecular flexibility index (Phi) is 3.78. The normalized spacial score (nSPS) is 11.2. The lowest BCUT2D eigenvalue weighted by atomic mass is 10.1. The molecule has 0 saturated carbocycles. The summed E-state index contributed by atoms with van der Waals surface area (Å²) in [6, 6.07) is 17.6. The maximum Gasteiger partial charge on any atom is 0.258 e. The molecule has 0 fully saturated rings. The van der Waals surface area contributed by atoms with E-state index in [9.17, 15) is 4.79 Å². The van der Waals surface area contributed by atoms with Gasteiger partial charge in [-0.1, -0.05) is 42.1 Å². The molecule has 0 atom stereocenters. The summed E-state index contributed by atoms with van der Waals surface area (Å²) in [5, 5.41) is 2.71. The predicted octanol–water partition coefficient (Wildman–Crippen LogP) is 4.07. The van der Waals surface area contributed by atoms with Gasteiger partial charge in [-0.3, -0.25) is 4.79 Å². The van der Waals surface area contributed by atoms with E-state index in [0.717, 1.165) is 16.1 Å². The van der Waals surface area contributed by atoms with Crippen molar-refractivity contribution in [2.24, 2.45) is 0 Å². The highest BCUT2D eigenvalue weighted by molar-refractivity contribution is 7.98. The fourth-order valence-electron chi connectivity index (χ4n) is 2.74. The molecule has 2 aromatic heterocycles. The number of aromatic nitrogens is 3. The fourth-order valence-corrected chi connectivity index (χ4v) is 3.58. The van der Waals surface area contributed by atoms with Gasteiger partial charge >= 0.3 is 0 Å². The van der Waals surface area contributed by atoms with E-state index in [2.05, 4.69) is 34.0 Å². The Bertz CT molecular complexity index is 1100. The number of nitrogens with one attached hydrogen (secondary N) is 1. The molecule has 0 aliphatic carbocycles. The highest BCUT2D eigenvalue weighted by atomic mass is 32.2. The molecule has 0 unspecified atom stereocenters. The van der Waals surface area contributed by atoms with Crippen molar-refractivity contribution < 1.29 is 0 Å². The van der Waals surface area contributed by atoms with E-state index < -0.39 is 0 Å². The molecule has 0 amide bonds. The number of hydrogen-bond donors (Lipinski definition) is 1. The van der Waals surface area contributed by atoms with Crippen molar-refractivity contribution >= 4 is 33.6 Å². The van der Waals surface area contributed by atoms with Crippen LogP contribution in [0.5, 0.6) is 0 Å². The Hall–Kier alpha value is -2.66. The highest BCUT2D eigenvalue weighted by Crippen LogP contribution is 2.25. The van der Waals surface area contributed by atoms with Crippen molar-refractivity contribution in [1.82, 2.24) is 15.0 Å². The Morgan fingerprint density at radius 2 is 1.62 bits per heavy atom. The first kappa shape index (κ1) is 14.9. The van der Waals surface area contributed by atoms with Gasteiger partial charge in [-0.25, -0.2) is 9.97 Å². The topological polar surface area (TPSA) is 58.6 Å². The molecule has 1 N–H and O–H groups in total. The average Bonchev–Trinajstić information content (AvgIpc) is 2.60. The zero-order valence-electron chi connectivity index (χ0n) is 13.1. The van der Waals surface area contributed by atoms with Crippen LogP contribution in [-0.4, -0.2) is 15.0 Å². The number of thioether (sulfide) groups is 1. The van der Waals surface area contributed by atoms with Gasteiger partial charge in [0.2, 0.25) is 0 Å². The second-order valence-corrected chi connectivity index (χ2v) is 6.61. The molecule has 4 rings (SSSR count). The molecule has 0 bridgehead atoms. The fraction of sp³-hybridized carbons (Fsp3) is 0.105. The molecule has 0 spiro atoms. The lowest BCUT2D eigenvalue weighted by Crippen LogP contribution is -2.11. The van der Waals surface area contributed by atoms with Crippen LogP contribution in [0, 0.1) is 6.92 Å². The minimum absolute atomic E-state index is 0.0983. The van der Waals surface area contributed by atoms with Crippen LogP contribution in [0.15, 0.2) is 64.4 Å². The second kappa shape index (κ2) is 6.09. The molecular formula is C19H15N3OS. The minimum atomic E-state index is -0.0983. The molecular weight excluding hydrogens is 318 g/mol. The van der Waals surface area contributed by atoms with Crippen LogP contribution in [0.1, 0.15) is 11.4 Å². The molecule has 0 aliphatic heterocycles. The minimum Gasteiger partial charge on any atom is -0.309 e. The van der Waals surface area contributed by atoms with Crippen LogP contribution in [-0.2, 0) is 5.75 Å². The molecule has 0 aliphatic rings. The van der Waals surface area contributed by atoms with Crippen molar-refractivity contribution in [2.45, 2.75) is 17.7 Å². The van der Waals surface area contributed by atoms with Gasteiger partial charge in [-0.15, -0.1) is 0 Å². The zero-order valence-corrected chi connectivity index (χ0v) is 13.9. The monoisotopic (exact) mass is 333 g/mol. The highest BCUT2D eigenvalue weighted by Gasteiger charge is 2.06. The summed E-state index contributed by atoms with van der Waals surface area (Å²) in [5.74, 6) is 1.24. The lowest BCUT2D eigenvalue weighted by Gasteiger charge is -2.06. The van der Waals surface area contributed by atoms with E-state index in [1.54, 1.807) is 17.8 Å². The van der Waals surface area contributed by atoms with Gasteiger partial charge in [-0.2, -0.15) is 0 Å². The summed E-state index contributed by atoms with van der Waals surface area (Å²) in [4.78, 5) is 24.2. The van der Waals surface area contributed by atoms with Crippen LogP contribution in [0.3, 0.4) is 0 Å². The third-order valence-electron chi connectivity index (χ3n) is 3.92. The van der Waals surface area contributed by atoms with E-state index in [1.807, 2.05) is 36.4 Å². The molecule has 24 heavy (non-hydrogen) atoms. The standard InChI is InChI=1S/C19H15N3OS/c1-12-10-18(21-15-8-4-2-6-13(12)15)24-11-17-20-16-9-5-3-7-14(16)19(23)22-17/h2-10H,11H2,1H3,(H,20,22,23). The Morgan fingerprint density at radius 1 is 0.958 bits per heavy atom. The summed E-state index contributed by atoms with van der Waals surface area (Å²) in [6.45, 7) is 2.09. The van der Waals surface area contributed by atoms with E-state index in [0.29, 0.717) is 17.0 Å². The SMILES string of the molecule is Cc1cc(SCc2nc3ccccc3c(=O)[nH]2)nc2ccccc12. The maximum absolute atomic E-state index is 12.1. The van der Waals surface area contributed by atoms with Gasteiger partial charge in [0.15, 0.2) is 0 Å². The number of aryl methyl sites for hydroxylation is 1. The quantitative estimate of drug-likeness (QED) is 0.574. The van der Waals surface area contributed by atoms with Crippen LogP contribution in [0.25, 0.3) is 21.8 Å². The molecule has 4 aromatic rings. The number of aromatic amines is 1. The van der Waals surface area contributed by atoms with E-state index >= 15 is 0 Å². The van der Waals surface area contributed by atoms with Crippen LogP contribution >= 0.6 is 11.8 Å². The first-order valence-corrected chi connectivity index (χ1v) is 8.66. The predicted molar refractivity (Wildman–Crippen MR) is 98.4 cm³/mol. The van der Waals surface area contributed by atoms with Crippen molar-refractivity contribution in [1.29, 1.82) is 0 Å². The summed E-state index contributed by atoms with van der Waals surface area (Å²) in [7, 11) is 0. The number of H-pyrrole nitrogens is 1. The number of para-hydroxylation sites is 2. The Labute approximate surface area is 143 Å². The van der Waals surface area contributed by atoms with Crippen molar-refractivity contribution in [3.8, 4) is 0 Å². The molecule has 0 radical (unpaired) electrons. The summed E-state index contributed by atoms with van der Waals surface area (Å²) < 4.78 is 0. The number of rotatable bonds is 3. The smallest absolute Gasteiger partial charge is 0.258 e. The molecule has 2 aromatic carbocycles. The number of nitrogens with zero attached hydrogens (tertiary/aromatic N) is 2. The molecule has 0 saturated heterocycles. The van der Waals surface area contributed by atoms with Crippen molar-refractivity contribution in [3.63, 3.8) is 0 Å². The third-order valence-corrected chi connectivity index (χ3v) is 4.84. The largest absolute Gasteiger partial charge is 0.309 e. The second-order valence-electron chi connectivity index (χ2n) is 5.61. The van der Waals surface area contributed by atoms with E-state index in [4.69, 9.17) is 0 Å². The van der Waals surface area contributed by atoms with Gasteiger partial charge in [0, 0.05) is 5.39 Å². The Balaban J connectivity index is 1.64. The van der Waals surface area contributed by atoms with Crippen LogP contribution in [0.4, 0.5) is 0 Å². The third kappa shape index (κ3) is 2.78. The van der Waals surface area contributed by atoms with Gasteiger partial charge < -0.3 is 4.98 Å². The van der Waals surface area contributed by atoms with E-state index in [-0.39, 0.29) is 5.56 Å². The Morgan fingerprint density at radius 3 is 2.42 bits per heavy atom. The molecule has 2 heterocycles. The van der Waals surface area contributed by atoms with E-state index in [1.165, 1.54) is 10.9 Å². The first-order chi connectivity index (χ1) is 11.7.